The molecule has 0 spiro atoms. The van der Waals surface area contributed by atoms with Crippen LogP contribution in [-0.4, -0.2) is 35.9 Å². The molecule has 0 bridgehead atoms. The normalized spacial score (nSPS) is 23.2. The molecule has 1 rings (SSSR count). The zero-order chi connectivity index (χ0) is 8.97. The lowest BCUT2D eigenvalue weighted by molar-refractivity contribution is -0.119. The summed E-state index contributed by atoms with van der Waals surface area (Å²) in [5.41, 5.74) is 0. The highest BCUT2D eigenvalue weighted by atomic mass is 16.3. The van der Waals surface area contributed by atoms with E-state index < -0.39 is 0 Å². The monoisotopic (exact) mass is 173 g/mol. The highest BCUT2D eigenvalue weighted by molar-refractivity contribution is 5.78. The summed E-state index contributed by atoms with van der Waals surface area (Å²) in [6.07, 6.45) is 1.27. The second kappa shape index (κ2) is 4.42. The molecule has 0 aromatic carbocycles. The van der Waals surface area contributed by atoms with Crippen molar-refractivity contribution in [1.82, 2.24) is 5.32 Å². The minimum atomic E-state index is -0.0669. The summed E-state index contributed by atoms with van der Waals surface area (Å²) in [5.74, 6) is 0.305. The number of aliphatic hydroxyl groups is 2. The molecule has 70 valence electrons. The Balaban J connectivity index is 2.26. The van der Waals surface area contributed by atoms with Gasteiger partial charge in [0.2, 0.25) is 5.91 Å². The SMILES string of the molecule is O=C1CC(CC(CO)CO)CN1. The van der Waals surface area contributed by atoms with Gasteiger partial charge in [-0.3, -0.25) is 4.79 Å². The first-order valence-corrected chi connectivity index (χ1v) is 4.24. The van der Waals surface area contributed by atoms with Crippen LogP contribution in [0.2, 0.25) is 0 Å². The zero-order valence-corrected chi connectivity index (χ0v) is 6.99. The fraction of sp³-hybridized carbons (Fsp3) is 0.875. The van der Waals surface area contributed by atoms with Gasteiger partial charge in [0.1, 0.15) is 0 Å². The van der Waals surface area contributed by atoms with E-state index in [9.17, 15) is 4.79 Å². The van der Waals surface area contributed by atoms with Crippen molar-refractivity contribution in [2.75, 3.05) is 19.8 Å². The number of aliphatic hydroxyl groups excluding tert-OH is 2. The predicted molar refractivity (Wildman–Crippen MR) is 43.4 cm³/mol. The van der Waals surface area contributed by atoms with Crippen LogP contribution >= 0.6 is 0 Å². The van der Waals surface area contributed by atoms with Gasteiger partial charge in [-0.05, 0) is 12.3 Å². The van der Waals surface area contributed by atoms with Crippen LogP contribution in [0.5, 0.6) is 0 Å². The van der Waals surface area contributed by atoms with E-state index in [4.69, 9.17) is 10.2 Å². The first-order chi connectivity index (χ1) is 5.76. The molecule has 0 radical (unpaired) electrons. The fourth-order valence-corrected chi connectivity index (χ4v) is 1.51. The van der Waals surface area contributed by atoms with Gasteiger partial charge >= 0.3 is 0 Å². The molecule has 1 fully saturated rings. The van der Waals surface area contributed by atoms with Crippen LogP contribution in [-0.2, 0) is 4.79 Å². The van der Waals surface area contributed by atoms with E-state index in [0.29, 0.717) is 18.9 Å². The Morgan fingerprint density at radius 1 is 1.50 bits per heavy atom. The van der Waals surface area contributed by atoms with Gasteiger partial charge in [0.25, 0.3) is 0 Å². The van der Waals surface area contributed by atoms with E-state index in [0.717, 1.165) is 6.42 Å². The van der Waals surface area contributed by atoms with Crippen molar-refractivity contribution < 1.29 is 15.0 Å². The third-order valence-corrected chi connectivity index (χ3v) is 2.25. The summed E-state index contributed by atoms with van der Waals surface area (Å²) in [5, 5.41) is 20.3. The zero-order valence-electron chi connectivity index (χ0n) is 6.99. The molecule has 1 atom stereocenters. The molecule has 0 saturated carbocycles. The second-order valence-electron chi connectivity index (χ2n) is 3.34. The molecule has 1 aliphatic rings. The lowest BCUT2D eigenvalue weighted by atomic mass is 9.95. The molecule has 4 nitrogen and oxygen atoms in total. The molecule has 0 aromatic heterocycles. The Kier molecular flexibility index (Phi) is 3.49. The van der Waals surface area contributed by atoms with Crippen molar-refractivity contribution in [3.05, 3.63) is 0 Å². The Morgan fingerprint density at radius 3 is 2.58 bits per heavy atom. The first kappa shape index (κ1) is 9.48. The van der Waals surface area contributed by atoms with E-state index in [1.54, 1.807) is 0 Å². The number of hydrogen-bond donors (Lipinski definition) is 3. The molecule has 3 N–H and O–H groups in total. The minimum absolute atomic E-state index is 0.00118. The molecule has 0 aromatic rings. The molecule has 4 heteroatoms. The van der Waals surface area contributed by atoms with Crippen LogP contribution in [0.3, 0.4) is 0 Å². The number of carbonyl (C=O) groups excluding carboxylic acids is 1. The van der Waals surface area contributed by atoms with Gasteiger partial charge in [-0.15, -0.1) is 0 Å². The Morgan fingerprint density at radius 2 is 2.17 bits per heavy atom. The summed E-state index contributed by atoms with van der Waals surface area (Å²) < 4.78 is 0. The highest BCUT2D eigenvalue weighted by Gasteiger charge is 2.23. The smallest absolute Gasteiger partial charge is 0.220 e. The van der Waals surface area contributed by atoms with Crippen molar-refractivity contribution in [2.45, 2.75) is 12.8 Å². The molecule has 1 heterocycles. The maximum atomic E-state index is 10.8. The van der Waals surface area contributed by atoms with Gasteiger partial charge in [0.05, 0.1) is 0 Å². The van der Waals surface area contributed by atoms with Crippen molar-refractivity contribution in [3.8, 4) is 0 Å². The van der Waals surface area contributed by atoms with Crippen LogP contribution in [0.15, 0.2) is 0 Å². The maximum Gasteiger partial charge on any atom is 0.220 e. The van der Waals surface area contributed by atoms with E-state index in [-0.39, 0.29) is 25.0 Å². The van der Waals surface area contributed by atoms with Crippen molar-refractivity contribution >= 4 is 5.91 Å². The number of rotatable bonds is 4. The van der Waals surface area contributed by atoms with Gasteiger partial charge in [-0.1, -0.05) is 0 Å². The Bertz CT molecular complexity index is 156. The molecule has 1 saturated heterocycles. The fourth-order valence-electron chi connectivity index (χ4n) is 1.51. The molecule has 1 amide bonds. The van der Waals surface area contributed by atoms with E-state index in [1.165, 1.54) is 0 Å². The molecular formula is C8H15NO3. The second-order valence-corrected chi connectivity index (χ2v) is 3.34. The Hall–Kier alpha value is -0.610. The van der Waals surface area contributed by atoms with Crippen molar-refractivity contribution in [3.63, 3.8) is 0 Å². The topological polar surface area (TPSA) is 69.6 Å². The summed E-state index contributed by atoms with van der Waals surface area (Å²) in [6, 6.07) is 0. The van der Waals surface area contributed by atoms with Gasteiger partial charge < -0.3 is 15.5 Å². The van der Waals surface area contributed by atoms with Crippen molar-refractivity contribution in [1.29, 1.82) is 0 Å². The molecule has 1 unspecified atom stereocenters. The number of hydrogen-bond acceptors (Lipinski definition) is 3. The predicted octanol–water partition coefficient (Wildman–Crippen LogP) is -0.887. The summed E-state index contributed by atoms with van der Waals surface area (Å²) in [7, 11) is 0. The largest absolute Gasteiger partial charge is 0.396 e. The lowest BCUT2D eigenvalue weighted by Gasteiger charge is -2.13. The van der Waals surface area contributed by atoms with Gasteiger partial charge in [0.15, 0.2) is 0 Å². The maximum absolute atomic E-state index is 10.8. The van der Waals surface area contributed by atoms with Crippen molar-refractivity contribution in [2.24, 2.45) is 11.8 Å². The quantitative estimate of drug-likeness (QED) is 0.516. The molecule has 1 aliphatic heterocycles. The molecular weight excluding hydrogens is 158 g/mol. The van der Waals surface area contributed by atoms with E-state index in [2.05, 4.69) is 5.32 Å². The van der Waals surface area contributed by atoms with E-state index in [1.807, 2.05) is 0 Å². The highest BCUT2D eigenvalue weighted by Crippen LogP contribution is 2.18. The summed E-state index contributed by atoms with van der Waals surface area (Å²) >= 11 is 0. The lowest BCUT2D eigenvalue weighted by Crippen LogP contribution is -2.18. The Labute approximate surface area is 71.6 Å². The van der Waals surface area contributed by atoms with Crippen LogP contribution in [0.4, 0.5) is 0 Å². The van der Waals surface area contributed by atoms with Crippen LogP contribution in [0.25, 0.3) is 0 Å². The van der Waals surface area contributed by atoms with Crippen LogP contribution in [0.1, 0.15) is 12.8 Å². The van der Waals surface area contributed by atoms with E-state index >= 15 is 0 Å². The number of amides is 1. The first-order valence-electron chi connectivity index (χ1n) is 4.24. The minimum Gasteiger partial charge on any atom is -0.396 e. The average molecular weight is 173 g/mol. The van der Waals surface area contributed by atoms with Gasteiger partial charge in [-0.25, -0.2) is 0 Å². The summed E-state index contributed by atoms with van der Waals surface area (Å²) in [6.45, 7) is 0.692. The summed E-state index contributed by atoms with van der Waals surface area (Å²) in [4.78, 5) is 10.8. The third-order valence-electron chi connectivity index (χ3n) is 2.25. The number of carbonyl (C=O) groups is 1. The van der Waals surface area contributed by atoms with Gasteiger partial charge in [0, 0.05) is 32.1 Å². The third kappa shape index (κ3) is 2.46. The molecule has 0 aliphatic carbocycles. The number of nitrogens with one attached hydrogen (secondary N) is 1. The van der Waals surface area contributed by atoms with Crippen LogP contribution < -0.4 is 5.32 Å². The standard InChI is InChI=1S/C8H15NO3/c10-4-7(5-11)1-6-2-8(12)9-3-6/h6-7,10-11H,1-5H2,(H,9,12). The van der Waals surface area contributed by atoms with Gasteiger partial charge in [-0.2, -0.15) is 0 Å². The van der Waals surface area contributed by atoms with Crippen LogP contribution in [0, 0.1) is 11.8 Å². The average Bonchev–Trinajstić information content (AvgIpc) is 2.47. The molecule has 12 heavy (non-hydrogen) atoms.